The van der Waals surface area contributed by atoms with Gasteiger partial charge in [-0.05, 0) is 13.0 Å². The first-order valence-corrected chi connectivity index (χ1v) is 4.23. The van der Waals surface area contributed by atoms with Gasteiger partial charge >= 0.3 is 0 Å². The molecular weight excluding hydrogens is 160 g/mol. The van der Waals surface area contributed by atoms with E-state index in [4.69, 9.17) is 0 Å². The molecule has 0 aliphatic heterocycles. The maximum atomic E-state index is 4.16. The molecule has 0 aliphatic carbocycles. The normalized spacial score (nSPS) is 14.3. The van der Waals surface area contributed by atoms with Crippen LogP contribution < -0.4 is 10.6 Å². The van der Waals surface area contributed by atoms with Crippen LogP contribution in [0.1, 0.15) is 6.92 Å². The number of nitrogens with zero attached hydrogens (tertiary/aromatic N) is 2. The van der Waals surface area contributed by atoms with Crippen LogP contribution in [-0.2, 0) is 7.05 Å². The Kier molecular flexibility index (Phi) is 3.26. The second-order valence-corrected chi connectivity index (χ2v) is 2.70. The smallest absolute Gasteiger partial charge is 0.0678 e. The van der Waals surface area contributed by atoms with E-state index in [2.05, 4.69) is 11.7 Å². The SMILES string of the molecule is C=C\C=c1/c(=C\C=C/C)cnn1C. The monoisotopic (exact) mass is 174 g/mol. The third-order valence-electron chi connectivity index (χ3n) is 1.76. The van der Waals surface area contributed by atoms with Crippen LogP contribution in [0.4, 0.5) is 0 Å². The summed E-state index contributed by atoms with van der Waals surface area (Å²) in [6.07, 6.45) is 11.6. The molecule has 0 spiro atoms. The lowest BCUT2D eigenvalue weighted by molar-refractivity contribution is 0.743. The van der Waals surface area contributed by atoms with Gasteiger partial charge in [0.25, 0.3) is 0 Å². The number of hydrogen-bond donors (Lipinski definition) is 0. The Morgan fingerprint density at radius 2 is 2.23 bits per heavy atom. The number of allylic oxidation sites excluding steroid dienone is 3. The molecule has 0 amide bonds. The molecule has 2 heteroatoms. The molecule has 68 valence electrons. The van der Waals surface area contributed by atoms with Gasteiger partial charge in [-0.15, -0.1) is 0 Å². The minimum Gasteiger partial charge on any atom is -0.268 e. The summed E-state index contributed by atoms with van der Waals surface area (Å²) in [6.45, 7) is 5.66. The fourth-order valence-electron chi connectivity index (χ4n) is 1.11. The Bertz CT molecular complexity index is 421. The molecule has 0 bridgehead atoms. The molecule has 0 fully saturated rings. The summed E-state index contributed by atoms with van der Waals surface area (Å²) >= 11 is 0. The van der Waals surface area contributed by atoms with E-state index < -0.39 is 0 Å². The lowest BCUT2D eigenvalue weighted by atomic mass is 10.3. The number of hydrogen-bond acceptors (Lipinski definition) is 1. The van der Waals surface area contributed by atoms with Gasteiger partial charge in [-0.25, -0.2) is 0 Å². The lowest BCUT2D eigenvalue weighted by Crippen LogP contribution is -2.27. The molecule has 0 radical (unpaired) electrons. The summed E-state index contributed by atoms with van der Waals surface area (Å²) in [5.41, 5.74) is 0. The van der Waals surface area contributed by atoms with E-state index in [-0.39, 0.29) is 0 Å². The topological polar surface area (TPSA) is 17.8 Å². The largest absolute Gasteiger partial charge is 0.268 e. The van der Waals surface area contributed by atoms with Crippen LogP contribution in [-0.4, -0.2) is 9.78 Å². The Morgan fingerprint density at radius 1 is 1.46 bits per heavy atom. The maximum Gasteiger partial charge on any atom is 0.0678 e. The zero-order chi connectivity index (χ0) is 9.68. The van der Waals surface area contributed by atoms with Crippen LogP contribution >= 0.6 is 0 Å². The molecular formula is C11H14N2. The van der Waals surface area contributed by atoms with Crippen LogP contribution in [0, 0.1) is 0 Å². The van der Waals surface area contributed by atoms with Crippen molar-refractivity contribution in [3.05, 3.63) is 41.6 Å². The van der Waals surface area contributed by atoms with Crippen LogP contribution in [0.2, 0.25) is 0 Å². The molecule has 1 heterocycles. The van der Waals surface area contributed by atoms with Crippen molar-refractivity contribution in [2.75, 3.05) is 0 Å². The van der Waals surface area contributed by atoms with Gasteiger partial charge in [-0.1, -0.05) is 30.9 Å². The summed E-state index contributed by atoms with van der Waals surface area (Å²) in [5, 5.41) is 6.35. The predicted molar refractivity (Wildman–Crippen MR) is 56.4 cm³/mol. The minimum atomic E-state index is 1.08. The summed E-state index contributed by atoms with van der Waals surface area (Å²) in [4.78, 5) is 0. The first-order chi connectivity index (χ1) is 6.29. The summed E-state index contributed by atoms with van der Waals surface area (Å²) < 4.78 is 1.83. The molecule has 1 rings (SSSR count). The van der Waals surface area contributed by atoms with Gasteiger partial charge < -0.3 is 0 Å². The Balaban J connectivity index is 3.39. The standard InChI is InChI=1S/C11H14N2/c1-4-6-8-10-9-12-13(3)11(10)7-5-2/h4-9H,2H2,1,3H3/b6-4-,10-8-,11-7+. The minimum absolute atomic E-state index is 1.08. The van der Waals surface area contributed by atoms with Crippen molar-refractivity contribution in [1.82, 2.24) is 9.78 Å². The molecule has 0 saturated carbocycles. The highest BCUT2D eigenvalue weighted by molar-refractivity contribution is 5.40. The number of aryl methyl sites for hydroxylation is 1. The van der Waals surface area contributed by atoms with Gasteiger partial charge in [-0.3, -0.25) is 4.68 Å². The van der Waals surface area contributed by atoms with Gasteiger partial charge in [0.05, 0.1) is 11.5 Å². The van der Waals surface area contributed by atoms with E-state index in [0.29, 0.717) is 0 Å². The number of rotatable bonds is 2. The molecule has 0 unspecified atom stereocenters. The Morgan fingerprint density at radius 3 is 2.85 bits per heavy atom. The zero-order valence-electron chi connectivity index (χ0n) is 8.07. The van der Waals surface area contributed by atoms with Crippen LogP contribution in [0.5, 0.6) is 0 Å². The van der Waals surface area contributed by atoms with Crippen molar-refractivity contribution in [1.29, 1.82) is 0 Å². The van der Waals surface area contributed by atoms with E-state index in [1.54, 1.807) is 6.08 Å². The van der Waals surface area contributed by atoms with E-state index in [1.165, 1.54) is 0 Å². The molecule has 1 aromatic heterocycles. The fourth-order valence-corrected chi connectivity index (χ4v) is 1.11. The van der Waals surface area contributed by atoms with Gasteiger partial charge in [0.2, 0.25) is 0 Å². The third kappa shape index (κ3) is 2.18. The summed E-state index contributed by atoms with van der Waals surface area (Å²) in [6, 6.07) is 0. The second kappa shape index (κ2) is 4.45. The van der Waals surface area contributed by atoms with Crippen molar-refractivity contribution in [2.45, 2.75) is 6.92 Å². The van der Waals surface area contributed by atoms with Gasteiger partial charge in [0.15, 0.2) is 0 Å². The van der Waals surface area contributed by atoms with E-state index in [1.807, 2.05) is 49.2 Å². The summed E-state index contributed by atoms with van der Waals surface area (Å²) in [7, 11) is 1.92. The number of aromatic nitrogens is 2. The molecule has 0 aromatic carbocycles. The second-order valence-electron chi connectivity index (χ2n) is 2.70. The fraction of sp³-hybridized carbons (Fsp3) is 0.182. The average Bonchev–Trinajstić information content (AvgIpc) is 2.46. The average molecular weight is 174 g/mol. The quantitative estimate of drug-likeness (QED) is 0.646. The lowest BCUT2D eigenvalue weighted by Gasteiger charge is -1.85. The first kappa shape index (κ1) is 9.52. The first-order valence-electron chi connectivity index (χ1n) is 4.23. The van der Waals surface area contributed by atoms with Gasteiger partial charge in [-0.2, -0.15) is 5.10 Å². The summed E-state index contributed by atoms with van der Waals surface area (Å²) in [5.74, 6) is 0. The highest BCUT2D eigenvalue weighted by Crippen LogP contribution is 1.72. The molecule has 0 N–H and O–H groups in total. The van der Waals surface area contributed by atoms with Crippen molar-refractivity contribution in [3.8, 4) is 0 Å². The predicted octanol–water partition coefficient (Wildman–Crippen LogP) is 0.743. The van der Waals surface area contributed by atoms with Crippen molar-refractivity contribution < 1.29 is 0 Å². The molecule has 0 saturated heterocycles. The van der Waals surface area contributed by atoms with Crippen LogP contribution in [0.15, 0.2) is 31.0 Å². The maximum absolute atomic E-state index is 4.16. The Labute approximate surface area is 78.2 Å². The van der Waals surface area contributed by atoms with Gasteiger partial charge in [0.1, 0.15) is 0 Å². The van der Waals surface area contributed by atoms with Gasteiger partial charge in [0, 0.05) is 12.3 Å². The van der Waals surface area contributed by atoms with Crippen molar-refractivity contribution in [2.24, 2.45) is 7.05 Å². The van der Waals surface area contributed by atoms with Crippen LogP contribution in [0.25, 0.3) is 12.2 Å². The van der Waals surface area contributed by atoms with E-state index in [0.717, 1.165) is 10.6 Å². The van der Waals surface area contributed by atoms with Crippen molar-refractivity contribution in [3.63, 3.8) is 0 Å². The van der Waals surface area contributed by atoms with E-state index in [9.17, 15) is 0 Å². The Hall–Kier alpha value is -1.57. The third-order valence-corrected chi connectivity index (χ3v) is 1.76. The molecule has 2 nitrogen and oxygen atoms in total. The van der Waals surface area contributed by atoms with E-state index >= 15 is 0 Å². The molecule has 0 aliphatic rings. The molecule has 13 heavy (non-hydrogen) atoms. The molecule has 0 atom stereocenters. The highest BCUT2D eigenvalue weighted by atomic mass is 15.2. The van der Waals surface area contributed by atoms with Crippen molar-refractivity contribution >= 4 is 12.2 Å². The zero-order valence-corrected chi connectivity index (χ0v) is 8.07. The van der Waals surface area contributed by atoms with Crippen LogP contribution in [0.3, 0.4) is 0 Å². The highest BCUT2D eigenvalue weighted by Gasteiger charge is 1.88. The molecule has 1 aromatic rings.